The maximum atomic E-state index is 13.9. The average molecular weight is 466 g/mol. The molecule has 34 heavy (non-hydrogen) atoms. The van der Waals surface area contributed by atoms with E-state index in [2.05, 4.69) is 23.5 Å². The van der Waals surface area contributed by atoms with Gasteiger partial charge in [0.2, 0.25) is 5.89 Å². The van der Waals surface area contributed by atoms with Crippen molar-refractivity contribution in [2.24, 2.45) is 4.99 Å². The number of amides is 1. The van der Waals surface area contributed by atoms with E-state index in [1.165, 1.54) is 6.07 Å². The van der Waals surface area contributed by atoms with Gasteiger partial charge in [0, 0.05) is 31.4 Å². The summed E-state index contributed by atoms with van der Waals surface area (Å²) in [7, 11) is 1.71. The summed E-state index contributed by atoms with van der Waals surface area (Å²) in [5.74, 6) is 0.122. The molecule has 0 bridgehead atoms. The third kappa shape index (κ3) is 6.40. The van der Waals surface area contributed by atoms with Gasteiger partial charge in [-0.05, 0) is 57.4 Å². The summed E-state index contributed by atoms with van der Waals surface area (Å²) in [6, 6.07) is 10.8. The minimum absolute atomic E-state index is 0.0259. The Morgan fingerprint density at radius 1 is 1.24 bits per heavy atom. The highest BCUT2D eigenvalue weighted by Gasteiger charge is 2.33. The van der Waals surface area contributed by atoms with Crippen LogP contribution in [0.2, 0.25) is 0 Å². The third-order valence-corrected chi connectivity index (χ3v) is 5.75. The first-order valence-corrected chi connectivity index (χ1v) is 11.8. The number of para-hydroxylation sites is 1. The SMILES string of the molecule is C=CC=NC.CC.Cc1ccc(C)c(C(=O)N2CC(c3nc4cccc(F)c4o3)CC[C@H]2C)c1. The van der Waals surface area contributed by atoms with Crippen LogP contribution >= 0.6 is 0 Å². The standard InChI is InChI=1S/C22H23FN2O2.C4H7N.C2H6/c1-13-7-8-14(2)17(11-13)22(26)25-12-16(10-9-15(25)3)21-24-19-6-4-5-18(23)20(19)27-21;1-3-4-5-2;1-2/h4-8,11,15-16H,9-10,12H2,1-3H3;3-4H,1H2,2H3;1-2H3/t15-,16?;;/m1../s1. The van der Waals surface area contributed by atoms with Gasteiger partial charge in [0.25, 0.3) is 5.91 Å². The van der Waals surface area contributed by atoms with Crippen LogP contribution in [0.3, 0.4) is 0 Å². The van der Waals surface area contributed by atoms with Crippen molar-refractivity contribution in [3.8, 4) is 0 Å². The zero-order valence-electron chi connectivity index (χ0n) is 21.1. The van der Waals surface area contributed by atoms with Gasteiger partial charge < -0.3 is 9.32 Å². The number of aliphatic imine (C=N–C) groups is 1. The van der Waals surface area contributed by atoms with E-state index >= 15 is 0 Å². The number of hydrogen-bond acceptors (Lipinski definition) is 4. The lowest BCUT2D eigenvalue weighted by Gasteiger charge is -2.37. The van der Waals surface area contributed by atoms with Crippen LogP contribution in [0, 0.1) is 19.7 Å². The second-order valence-corrected chi connectivity index (χ2v) is 8.18. The van der Waals surface area contributed by atoms with Crippen LogP contribution in [0.25, 0.3) is 11.1 Å². The van der Waals surface area contributed by atoms with Gasteiger partial charge in [-0.1, -0.05) is 50.3 Å². The Labute approximate surface area is 202 Å². The normalized spacial score (nSPS) is 17.6. The van der Waals surface area contributed by atoms with E-state index in [-0.39, 0.29) is 23.4 Å². The largest absolute Gasteiger partial charge is 0.437 e. The number of aromatic nitrogens is 1. The van der Waals surface area contributed by atoms with Gasteiger partial charge in [-0.15, -0.1) is 0 Å². The number of benzene rings is 2. The van der Waals surface area contributed by atoms with Crippen LogP contribution in [-0.2, 0) is 0 Å². The Bertz CT molecular complexity index is 1140. The van der Waals surface area contributed by atoms with Gasteiger partial charge in [0.05, 0.1) is 5.92 Å². The molecule has 2 heterocycles. The molecule has 1 fully saturated rings. The van der Waals surface area contributed by atoms with E-state index < -0.39 is 5.82 Å². The lowest BCUT2D eigenvalue weighted by molar-refractivity contribution is 0.0597. The molecule has 182 valence electrons. The van der Waals surface area contributed by atoms with Crippen LogP contribution in [0.4, 0.5) is 4.39 Å². The van der Waals surface area contributed by atoms with E-state index in [9.17, 15) is 9.18 Å². The molecule has 2 aromatic carbocycles. The summed E-state index contributed by atoms with van der Waals surface area (Å²) in [5.41, 5.74) is 3.50. The number of oxazole rings is 1. The quantitative estimate of drug-likeness (QED) is 0.396. The molecular weight excluding hydrogens is 429 g/mol. The van der Waals surface area contributed by atoms with Gasteiger partial charge in [-0.3, -0.25) is 9.79 Å². The molecule has 1 aliphatic heterocycles. The van der Waals surface area contributed by atoms with Crippen LogP contribution < -0.4 is 0 Å². The predicted octanol–water partition coefficient (Wildman–Crippen LogP) is 6.89. The van der Waals surface area contributed by atoms with Gasteiger partial charge >= 0.3 is 0 Å². The lowest BCUT2D eigenvalue weighted by Crippen LogP contribution is -2.45. The lowest BCUT2D eigenvalue weighted by atomic mass is 9.92. The summed E-state index contributed by atoms with van der Waals surface area (Å²) in [6.07, 6.45) is 5.01. The van der Waals surface area contributed by atoms with E-state index in [4.69, 9.17) is 4.42 Å². The van der Waals surface area contributed by atoms with Crippen LogP contribution in [0.15, 0.2) is 58.5 Å². The number of halogens is 1. The number of carbonyl (C=O) groups is 1. The molecule has 1 aromatic heterocycles. The molecule has 2 atom stereocenters. The van der Waals surface area contributed by atoms with Crippen molar-refractivity contribution in [1.29, 1.82) is 0 Å². The fraction of sp³-hybridized carbons (Fsp3) is 0.393. The van der Waals surface area contributed by atoms with E-state index in [1.54, 1.807) is 31.5 Å². The number of piperidine rings is 1. The van der Waals surface area contributed by atoms with E-state index in [1.807, 2.05) is 50.8 Å². The van der Waals surface area contributed by atoms with Crippen molar-refractivity contribution in [3.05, 3.63) is 77.5 Å². The fourth-order valence-electron chi connectivity index (χ4n) is 3.93. The average Bonchev–Trinajstić information content (AvgIpc) is 3.29. The maximum Gasteiger partial charge on any atom is 0.254 e. The van der Waals surface area contributed by atoms with Crippen LogP contribution in [-0.4, -0.2) is 41.6 Å². The van der Waals surface area contributed by atoms with Crippen molar-refractivity contribution in [1.82, 2.24) is 9.88 Å². The molecule has 0 radical (unpaired) electrons. The number of likely N-dealkylation sites (tertiary alicyclic amines) is 1. The van der Waals surface area contributed by atoms with Gasteiger partial charge in [-0.25, -0.2) is 9.37 Å². The molecule has 1 unspecified atom stereocenters. The van der Waals surface area contributed by atoms with E-state index in [0.717, 1.165) is 29.5 Å². The second kappa shape index (κ2) is 12.8. The minimum Gasteiger partial charge on any atom is -0.437 e. The zero-order valence-corrected chi connectivity index (χ0v) is 21.1. The first-order chi connectivity index (χ1) is 16.3. The highest BCUT2D eigenvalue weighted by Crippen LogP contribution is 2.33. The molecule has 4 rings (SSSR count). The number of fused-ring (bicyclic) bond motifs is 1. The van der Waals surface area contributed by atoms with E-state index in [0.29, 0.717) is 18.0 Å². The third-order valence-electron chi connectivity index (χ3n) is 5.75. The molecular formula is C28H36FN3O2. The van der Waals surface area contributed by atoms with Crippen molar-refractivity contribution in [3.63, 3.8) is 0 Å². The molecule has 6 heteroatoms. The molecule has 0 spiro atoms. The van der Waals surface area contributed by atoms with Crippen LogP contribution in [0.1, 0.15) is 66.9 Å². The molecule has 0 aliphatic carbocycles. The molecule has 1 aliphatic rings. The highest BCUT2D eigenvalue weighted by atomic mass is 19.1. The Hall–Kier alpha value is -3.28. The summed E-state index contributed by atoms with van der Waals surface area (Å²) in [5, 5.41) is 0. The molecule has 0 saturated carbocycles. The molecule has 0 N–H and O–H groups in total. The van der Waals surface area contributed by atoms with Gasteiger partial charge in [0.15, 0.2) is 11.4 Å². The molecule has 3 aromatic rings. The smallest absolute Gasteiger partial charge is 0.254 e. The Balaban J connectivity index is 0.000000520. The summed E-state index contributed by atoms with van der Waals surface area (Å²) in [6.45, 7) is 14.0. The van der Waals surface area contributed by atoms with Crippen molar-refractivity contribution < 1.29 is 13.6 Å². The number of rotatable bonds is 3. The molecule has 1 saturated heterocycles. The van der Waals surface area contributed by atoms with Crippen molar-refractivity contribution >= 4 is 23.2 Å². The Kier molecular flexibility index (Phi) is 10.2. The number of aryl methyl sites for hydroxylation is 2. The fourth-order valence-corrected chi connectivity index (χ4v) is 3.93. The number of nitrogens with zero attached hydrogens (tertiary/aromatic N) is 3. The molecule has 1 amide bonds. The minimum atomic E-state index is -0.404. The number of allylic oxidation sites excluding steroid dienone is 1. The predicted molar refractivity (Wildman–Crippen MR) is 138 cm³/mol. The first kappa shape index (κ1) is 27.0. The first-order valence-electron chi connectivity index (χ1n) is 11.8. The zero-order chi connectivity index (χ0) is 25.3. The Morgan fingerprint density at radius 3 is 2.59 bits per heavy atom. The van der Waals surface area contributed by atoms with Crippen LogP contribution in [0.5, 0.6) is 0 Å². The van der Waals surface area contributed by atoms with Crippen molar-refractivity contribution in [2.45, 2.75) is 59.4 Å². The molecule has 5 nitrogen and oxygen atoms in total. The topological polar surface area (TPSA) is 58.7 Å². The monoisotopic (exact) mass is 465 g/mol. The van der Waals surface area contributed by atoms with Gasteiger partial charge in [0.1, 0.15) is 5.52 Å². The Morgan fingerprint density at radius 2 is 1.97 bits per heavy atom. The maximum absolute atomic E-state index is 13.9. The summed E-state index contributed by atoms with van der Waals surface area (Å²) >= 11 is 0. The number of carbonyl (C=O) groups excluding carboxylic acids is 1. The number of hydrogen-bond donors (Lipinski definition) is 0. The summed E-state index contributed by atoms with van der Waals surface area (Å²) < 4.78 is 19.7. The second-order valence-electron chi connectivity index (χ2n) is 8.18. The highest BCUT2D eigenvalue weighted by molar-refractivity contribution is 5.96. The van der Waals surface area contributed by atoms with Crippen molar-refractivity contribution in [2.75, 3.05) is 13.6 Å². The summed E-state index contributed by atoms with van der Waals surface area (Å²) in [4.78, 5) is 23.2. The van der Waals surface area contributed by atoms with Gasteiger partial charge in [-0.2, -0.15) is 0 Å².